The van der Waals surface area contributed by atoms with Crippen LogP contribution in [0, 0.1) is 0 Å². The van der Waals surface area contributed by atoms with Gasteiger partial charge in [-0.05, 0) is 64.6 Å². The molecule has 1 aliphatic carbocycles. The number of rotatable bonds is 8. The van der Waals surface area contributed by atoms with Gasteiger partial charge in [0.05, 0.1) is 0 Å². The van der Waals surface area contributed by atoms with E-state index in [2.05, 4.69) is 17.1 Å². The second kappa shape index (κ2) is 6.61. The average molecular weight is 224 g/mol. The van der Waals surface area contributed by atoms with Crippen molar-refractivity contribution < 1.29 is 0 Å². The van der Waals surface area contributed by atoms with Crippen LogP contribution in [0.3, 0.4) is 0 Å². The van der Waals surface area contributed by atoms with Crippen LogP contribution in [-0.4, -0.2) is 36.6 Å². The minimum Gasteiger partial charge on any atom is -0.314 e. The number of nitrogens with one attached hydrogen (secondary N) is 1. The number of hydrogen-bond acceptors (Lipinski definition) is 2. The first-order valence-electron chi connectivity index (χ1n) is 7.37. The fourth-order valence-corrected chi connectivity index (χ4v) is 2.81. The van der Waals surface area contributed by atoms with E-state index in [-0.39, 0.29) is 0 Å². The van der Waals surface area contributed by atoms with Gasteiger partial charge in [0.15, 0.2) is 0 Å². The molecule has 0 aromatic rings. The molecule has 0 radical (unpaired) electrons. The number of likely N-dealkylation sites (tertiary alicyclic amines) is 1. The van der Waals surface area contributed by atoms with Crippen LogP contribution in [-0.2, 0) is 0 Å². The molecule has 16 heavy (non-hydrogen) atoms. The Balaban J connectivity index is 1.55. The summed E-state index contributed by atoms with van der Waals surface area (Å²) in [5, 5.41) is 3.62. The number of hydrogen-bond donors (Lipinski definition) is 1. The van der Waals surface area contributed by atoms with Gasteiger partial charge < -0.3 is 10.2 Å². The van der Waals surface area contributed by atoms with Crippen molar-refractivity contribution in [2.75, 3.05) is 19.6 Å². The second-order valence-electron chi connectivity index (χ2n) is 5.56. The van der Waals surface area contributed by atoms with Crippen LogP contribution in [0.5, 0.6) is 0 Å². The Morgan fingerprint density at radius 3 is 2.81 bits per heavy atom. The molecule has 2 rings (SSSR count). The van der Waals surface area contributed by atoms with Crippen LogP contribution >= 0.6 is 0 Å². The first-order chi connectivity index (χ1) is 7.90. The Bertz CT molecular complexity index is 189. The van der Waals surface area contributed by atoms with Crippen molar-refractivity contribution in [1.82, 2.24) is 10.2 Å². The van der Waals surface area contributed by atoms with E-state index in [1.165, 1.54) is 71.0 Å². The zero-order valence-corrected chi connectivity index (χ0v) is 10.9. The topological polar surface area (TPSA) is 15.3 Å². The molecule has 1 aliphatic heterocycles. The Kier molecular flexibility index (Phi) is 5.11. The molecule has 1 heterocycles. The fraction of sp³-hybridized carbons (Fsp3) is 1.00. The monoisotopic (exact) mass is 224 g/mol. The second-order valence-corrected chi connectivity index (χ2v) is 5.56. The maximum Gasteiger partial charge on any atom is 0.00962 e. The molecule has 1 saturated carbocycles. The lowest BCUT2D eigenvalue weighted by atomic mass is 10.1. The molecule has 2 heteroatoms. The SMILES string of the molecule is CCCCN1CCCC1CCCNC1CC1. The predicted molar refractivity (Wildman–Crippen MR) is 69.8 cm³/mol. The van der Waals surface area contributed by atoms with E-state index in [0.29, 0.717) is 0 Å². The summed E-state index contributed by atoms with van der Waals surface area (Å²) in [6, 6.07) is 1.80. The zero-order chi connectivity index (χ0) is 11.2. The lowest BCUT2D eigenvalue weighted by Crippen LogP contribution is -2.31. The van der Waals surface area contributed by atoms with Crippen molar-refractivity contribution in [3.8, 4) is 0 Å². The lowest BCUT2D eigenvalue weighted by Gasteiger charge is -2.24. The highest BCUT2D eigenvalue weighted by Gasteiger charge is 2.24. The van der Waals surface area contributed by atoms with Crippen LogP contribution in [0.1, 0.15) is 58.3 Å². The quantitative estimate of drug-likeness (QED) is 0.638. The maximum absolute atomic E-state index is 3.62. The normalized spacial score (nSPS) is 26.4. The summed E-state index contributed by atoms with van der Waals surface area (Å²) >= 11 is 0. The van der Waals surface area contributed by atoms with Crippen molar-refractivity contribution in [3.05, 3.63) is 0 Å². The van der Waals surface area contributed by atoms with Crippen molar-refractivity contribution >= 4 is 0 Å². The number of unbranched alkanes of at least 4 members (excludes halogenated alkanes) is 1. The predicted octanol–water partition coefficient (Wildman–Crippen LogP) is 2.78. The Morgan fingerprint density at radius 1 is 1.19 bits per heavy atom. The van der Waals surface area contributed by atoms with Gasteiger partial charge >= 0.3 is 0 Å². The van der Waals surface area contributed by atoms with Crippen LogP contribution < -0.4 is 5.32 Å². The zero-order valence-electron chi connectivity index (χ0n) is 10.9. The molecule has 1 N–H and O–H groups in total. The Morgan fingerprint density at radius 2 is 2.06 bits per heavy atom. The standard InChI is InChI=1S/C14H28N2/c1-2-3-11-16-12-5-7-14(16)6-4-10-15-13-8-9-13/h13-15H,2-12H2,1H3. The molecule has 1 unspecified atom stereocenters. The van der Waals surface area contributed by atoms with E-state index in [0.717, 1.165) is 12.1 Å². The molecule has 0 aromatic heterocycles. The molecular formula is C14H28N2. The van der Waals surface area contributed by atoms with Crippen LogP contribution in [0.2, 0.25) is 0 Å². The van der Waals surface area contributed by atoms with Gasteiger partial charge in [-0.1, -0.05) is 13.3 Å². The summed E-state index contributed by atoms with van der Waals surface area (Å²) in [7, 11) is 0. The third-order valence-corrected chi connectivity index (χ3v) is 4.02. The average Bonchev–Trinajstić information content (AvgIpc) is 3.01. The van der Waals surface area contributed by atoms with Gasteiger partial charge in [0.1, 0.15) is 0 Å². The molecule has 0 bridgehead atoms. The molecule has 0 amide bonds. The van der Waals surface area contributed by atoms with Gasteiger partial charge in [0.25, 0.3) is 0 Å². The first-order valence-corrected chi connectivity index (χ1v) is 7.37. The Labute approximate surface area is 101 Å². The fourth-order valence-electron chi connectivity index (χ4n) is 2.81. The lowest BCUT2D eigenvalue weighted by molar-refractivity contribution is 0.236. The summed E-state index contributed by atoms with van der Waals surface area (Å²) in [4.78, 5) is 2.74. The van der Waals surface area contributed by atoms with Crippen molar-refractivity contribution in [2.24, 2.45) is 0 Å². The smallest absolute Gasteiger partial charge is 0.00962 e. The highest BCUT2D eigenvalue weighted by atomic mass is 15.2. The summed E-state index contributed by atoms with van der Waals surface area (Å²) in [6.07, 6.45) is 11.3. The molecule has 1 saturated heterocycles. The van der Waals surface area contributed by atoms with E-state index in [1.807, 2.05) is 0 Å². The molecule has 0 aromatic carbocycles. The third kappa shape index (κ3) is 4.06. The van der Waals surface area contributed by atoms with Gasteiger partial charge in [0, 0.05) is 12.1 Å². The van der Waals surface area contributed by atoms with Gasteiger partial charge in [-0.2, -0.15) is 0 Å². The highest BCUT2D eigenvalue weighted by molar-refractivity contribution is 4.82. The summed E-state index contributed by atoms with van der Waals surface area (Å²) in [5.41, 5.74) is 0. The molecule has 2 fully saturated rings. The molecule has 1 atom stereocenters. The van der Waals surface area contributed by atoms with E-state index in [4.69, 9.17) is 0 Å². The van der Waals surface area contributed by atoms with Gasteiger partial charge in [-0.3, -0.25) is 0 Å². The van der Waals surface area contributed by atoms with E-state index in [9.17, 15) is 0 Å². The van der Waals surface area contributed by atoms with Gasteiger partial charge in [-0.15, -0.1) is 0 Å². The molecular weight excluding hydrogens is 196 g/mol. The van der Waals surface area contributed by atoms with E-state index < -0.39 is 0 Å². The van der Waals surface area contributed by atoms with Crippen LogP contribution in [0.15, 0.2) is 0 Å². The molecule has 2 nitrogen and oxygen atoms in total. The third-order valence-electron chi connectivity index (χ3n) is 4.02. The van der Waals surface area contributed by atoms with Gasteiger partial charge in [-0.25, -0.2) is 0 Å². The van der Waals surface area contributed by atoms with Crippen molar-refractivity contribution in [1.29, 1.82) is 0 Å². The molecule has 2 aliphatic rings. The minimum absolute atomic E-state index is 0.889. The first kappa shape index (κ1) is 12.4. The van der Waals surface area contributed by atoms with Crippen LogP contribution in [0.25, 0.3) is 0 Å². The van der Waals surface area contributed by atoms with E-state index >= 15 is 0 Å². The van der Waals surface area contributed by atoms with Crippen LogP contribution in [0.4, 0.5) is 0 Å². The molecule has 94 valence electrons. The summed E-state index contributed by atoms with van der Waals surface area (Å²) in [6.45, 7) is 6.26. The maximum atomic E-state index is 3.62. The molecule has 0 spiro atoms. The Hall–Kier alpha value is -0.0800. The van der Waals surface area contributed by atoms with Crippen molar-refractivity contribution in [3.63, 3.8) is 0 Å². The van der Waals surface area contributed by atoms with Crippen molar-refractivity contribution in [2.45, 2.75) is 70.4 Å². The largest absolute Gasteiger partial charge is 0.314 e. The highest BCUT2D eigenvalue weighted by Crippen LogP contribution is 2.22. The number of nitrogens with zero attached hydrogens (tertiary/aromatic N) is 1. The minimum atomic E-state index is 0.889. The van der Waals surface area contributed by atoms with Gasteiger partial charge in [0.2, 0.25) is 0 Å². The van der Waals surface area contributed by atoms with E-state index in [1.54, 1.807) is 0 Å². The summed E-state index contributed by atoms with van der Waals surface area (Å²) in [5.74, 6) is 0. The summed E-state index contributed by atoms with van der Waals surface area (Å²) < 4.78 is 0.